The lowest BCUT2D eigenvalue weighted by molar-refractivity contribution is 0.0945. The fraction of sp³-hybridized carbons (Fsp3) is 0.160. The molecule has 0 saturated heterocycles. The Hall–Kier alpha value is -3.49. The number of fused-ring (bicyclic) bond motifs is 1. The van der Waals surface area contributed by atoms with E-state index in [0.29, 0.717) is 16.4 Å². The van der Waals surface area contributed by atoms with Gasteiger partial charge >= 0.3 is 0 Å². The van der Waals surface area contributed by atoms with E-state index in [0.717, 1.165) is 32.9 Å². The summed E-state index contributed by atoms with van der Waals surface area (Å²) in [4.78, 5) is 19.3. The van der Waals surface area contributed by atoms with Gasteiger partial charge in [0.1, 0.15) is 22.5 Å². The molecule has 0 radical (unpaired) electrons. The third-order valence-electron chi connectivity index (χ3n) is 5.67. The Morgan fingerprint density at radius 1 is 1.18 bits per heavy atom. The first-order chi connectivity index (χ1) is 16.4. The van der Waals surface area contributed by atoms with E-state index in [4.69, 9.17) is 11.6 Å². The van der Waals surface area contributed by atoms with Gasteiger partial charge in [-0.3, -0.25) is 9.48 Å². The smallest absolute Gasteiger partial charge is 0.262 e. The van der Waals surface area contributed by atoms with Crippen molar-refractivity contribution >= 4 is 39.1 Å². The number of hydrogen-bond donors (Lipinski definition) is 1. The Bertz CT molecular complexity index is 1470. The van der Waals surface area contributed by atoms with Gasteiger partial charge in [-0.25, -0.2) is 9.37 Å². The topological polar surface area (TPSA) is 64.7 Å². The van der Waals surface area contributed by atoms with E-state index in [-0.39, 0.29) is 11.7 Å². The van der Waals surface area contributed by atoms with Crippen LogP contribution in [0.25, 0.3) is 10.2 Å². The molecule has 1 N–H and O–H groups in total. The van der Waals surface area contributed by atoms with Crippen LogP contribution in [0.3, 0.4) is 0 Å². The molecule has 6 nitrogen and oxygen atoms in total. The number of imidazole rings is 1. The molecule has 2 aromatic carbocycles. The monoisotopic (exact) mass is 493 g/mol. The average Bonchev–Trinajstić information content (AvgIpc) is 3.52. The lowest BCUT2D eigenvalue weighted by atomic mass is 10.1. The fourth-order valence-corrected chi connectivity index (χ4v) is 5.09. The number of carbonyl (C=O) groups is 1. The number of thiophene rings is 1. The molecule has 172 valence electrons. The zero-order valence-corrected chi connectivity index (χ0v) is 20.1. The van der Waals surface area contributed by atoms with Gasteiger partial charge in [0.15, 0.2) is 0 Å². The van der Waals surface area contributed by atoms with E-state index in [2.05, 4.69) is 15.4 Å². The van der Waals surface area contributed by atoms with Crippen LogP contribution in [0.5, 0.6) is 0 Å². The summed E-state index contributed by atoms with van der Waals surface area (Å²) < 4.78 is 17.0. The molecule has 9 heteroatoms. The number of aryl methyl sites for hydroxylation is 2. The first-order valence-corrected chi connectivity index (χ1v) is 11.8. The van der Waals surface area contributed by atoms with Gasteiger partial charge in [-0.1, -0.05) is 35.9 Å². The minimum Gasteiger partial charge on any atom is -0.337 e. The molecule has 0 aliphatic heterocycles. The van der Waals surface area contributed by atoms with Crippen LogP contribution in [0.4, 0.5) is 4.39 Å². The highest BCUT2D eigenvalue weighted by atomic mass is 35.5. The van der Waals surface area contributed by atoms with Gasteiger partial charge in [0, 0.05) is 29.9 Å². The van der Waals surface area contributed by atoms with E-state index in [9.17, 15) is 9.18 Å². The Morgan fingerprint density at radius 2 is 1.91 bits per heavy atom. The Kier molecular flexibility index (Phi) is 5.93. The molecule has 34 heavy (non-hydrogen) atoms. The van der Waals surface area contributed by atoms with Crippen molar-refractivity contribution in [3.63, 3.8) is 0 Å². The molecule has 0 bridgehead atoms. The Balaban J connectivity index is 1.45. The average molecular weight is 494 g/mol. The molecule has 5 aromatic rings. The second kappa shape index (κ2) is 9.04. The largest absolute Gasteiger partial charge is 0.337 e. The maximum absolute atomic E-state index is 13.4. The van der Waals surface area contributed by atoms with Crippen molar-refractivity contribution in [1.82, 2.24) is 24.6 Å². The zero-order valence-electron chi connectivity index (χ0n) is 18.5. The zero-order chi connectivity index (χ0) is 23.8. The third kappa shape index (κ3) is 4.34. The minimum atomic E-state index is -0.438. The predicted octanol–water partition coefficient (Wildman–Crippen LogP) is 5.50. The van der Waals surface area contributed by atoms with Crippen molar-refractivity contribution in [1.29, 1.82) is 0 Å². The highest BCUT2D eigenvalue weighted by Gasteiger charge is 2.24. The second-order valence-electron chi connectivity index (χ2n) is 8.05. The number of halogens is 2. The highest BCUT2D eigenvalue weighted by Crippen LogP contribution is 2.30. The molecule has 5 rings (SSSR count). The number of aromatic nitrogens is 4. The summed E-state index contributed by atoms with van der Waals surface area (Å²) in [5.74, 6) is 0.246. The van der Waals surface area contributed by atoms with E-state index >= 15 is 0 Å². The van der Waals surface area contributed by atoms with Crippen LogP contribution in [0.1, 0.15) is 38.4 Å². The summed E-state index contributed by atoms with van der Waals surface area (Å²) >= 11 is 7.45. The fourth-order valence-electron chi connectivity index (χ4n) is 3.90. The number of nitrogens with one attached hydrogen (secondary N) is 1. The lowest BCUT2D eigenvalue weighted by Gasteiger charge is -2.19. The summed E-state index contributed by atoms with van der Waals surface area (Å²) in [7, 11) is 1.89. The van der Waals surface area contributed by atoms with E-state index in [1.807, 2.05) is 47.6 Å². The second-order valence-corrected chi connectivity index (χ2v) is 9.52. The number of nitrogens with zero attached hydrogens (tertiary/aromatic N) is 4. The summed E-state index contributed by atoms with van der Waals surface area (Å²) in [6, 6.07) is 15.1. The SMILES string of the molecule is Cc1nn(Cc2ccc(F)cc2)c2sc(C(=O)NC(c3ccc(Cl)cc3)c3nccn3C)cc12. The van der Waals surface area contributed by atoms with Crippen LogP contribution in [-0.2, 0) is 13.6 Å². The summed E-state index contributed by atoms with van der Waals surface area (Å²) in [6.07, 6.45) is 3.55. The predicted molar refractivity (Wildman–Crippen MR) is 132 cm³/mol. The van der Waals surface area contributed by atoms with Crippen LogP contribution in [-0.4, -0.2) is 25.2 Å². The van der Waals surface area contributed by atoms with Gasteiger partial charge in [0.25, 0.3) is 5.91 Å². The third-order valence-corrected chi connectivity index (χ3v) is 7.07. The summed E-state index contributed by atoms with van der Waals surface area (Å²) in [5.41, 5.74) is 2.65. The van der Waals surface area contributed by atoms with Crippen LogP contribution in [0.2, 0.25) is 5.02 Å². The van der Waals surface area contributed by atoms with Crippen molar-refractivity contribution in [3.05, 3.63) is 105 Å². The van der Waals surface area contributed by atoms with Crippen LogP contribution >= 0.6 is 22.9 Å². The minimum absolute atomic E-state index is 0.197. The number of hydrogen-bond acceptors (Lipinski definition) is 4. The molecular formula is C25H21ClFN5OS. The quantitative estimate of drug-likeness (QED) is 0.339. The molecule has 1 atom stereocenters. The van der Waals surface area contributed by atoms with Gasteiger partial charge in [-0.15, -0.1) is 11.3 Å². The van der Waals surface area contributed by atoms with Crippen LogP contribution in [0, 0.1) is 12.7 Å². The van der Waals surface area contributed by atoms with Gasteiger partial charge in [-0.2, -0.15) is 5.10 Å². The molecule has 0 saturated carbocycles. The number of rotatable bonds is 6. The molecule has 1 unspecified atom stereocenters. The Labute approximate surface area is 204 Å². The number of carbonyl (C=O) groups excluding carboxylic acids is 1. The first-order valence-electron chi connectivity index (χ1n) is 10.6. The number of benzene rings is 2. The highest BCUT2D eigenvalue weighted by molar-refractivity contribution is 7.20. The van der Waals surface area contributed by atoms with E-state index in [1.54, 1.807) is 30.5 Å². The van der Waals surface area contributed by atoms with Crippen molar-refractivity contribution in [3.8, 4) is 0 Å². The van der Waals surface area contributed by atoms with Gasteiger partial charge < -0.3 is 9.88 Å². The van der Waals surface area contributed by atoms with E-state index in [1.165, 1.54) is 23.5 Å². The maximum Gasteiger partial charge on any atom is 0.262 e. The molecular weight excluding hydrogens is 473 g/mol. The van der Waals surface area contributed by atoms with Gasteiger partial charge in [-0.05, 0) is 48.4 Å². The van der Waals surface area contributed by atoms with Crippen LogP contribution in [0.15, 0.2) is 67.0 Å². The van der Waals surface area contributed by atoms with Crippen molar-refractivity contribution in [2.24, 2.45) is 7.05 Å². The summed E-state index contributed by atoms with van der Waals surface area (Å²) in [6.45, 7) is 2.41. The molecule has 0 aliphatic rings. The van der Waals surface area contributed by atoms with Crippen molar-refractivity contribution < 1.29 is 9.18 Å². The number of amides is 1. The lowest BCUT2D eigenvalue weighted by Crippen LogP contribution is -2.30. The molecule has 1 amide bonds. The molecule has 0 fully saturated rings. The van der Waals surface area contributed by atoms with Crippen molar-refractivity contribution in [2.75, 3.05) is 0 Å². The molecule has 3 aromatic heterocycles. The normalized spacial score (nSPS) is 12.2. The van der Waals surface area contributed by atoms with Gasteiger partial charge in [0.2, 0.25) is 0 Å². The van der Waals surface area contributed by atoms with Crippen LogP contribution < -0.4 is 5.32 Å². The Morgan fingerprint density at radius 3 is 2.59 bits per heavy atom. The molecule has 0 spiro atoms. The first kappa shape index (κ1) is 22.3. The molecule has 0 aliphatic carbocycles. The summed E-state index contributed by atoms with van der Waals surface area (Å²) in [5, 5.41) is 9.30. The maximum atomic E-state index is 13.4. The molecule has 3 heterocycles. The standard InChI is InChI=1S/C25H21ClFN5OS/c1-15-20-13-21(34-25(20)32(30-15)14-16-3-9-19(27)10-4-16)24(33)29-22(23-28-11-12-31(23)2)17-5-7-18(26)8-6-17/h3-13,22H,14H2,1-2H3,(H,29,33). The van der Waals surface area contributed by atoms with E-state index < -0.39 is 6.04 Å². The van der Waals surface area contributed by atoms with Crippen molar-refractivity contribution in [2.45, 2.75) is 19.5 Å². The van der Waals surface area contributed by atoms with Gasteiger partial charge in [0.05, 0.1) is 17.1 Å².